The zero-order chi connectivity index (χ0) is 37.7. The topological polar surface area (TPSA) is 13.1 Å². The second-order valence-corrected chi connectivity index (χ2v) is 14.6. The molecule has 0 aliphatic heterocycles. The Kier molecular flexibility index (Phi) is 7.82. The molecular formula is C54H37N3. The minimum Gasteiger partial charge on any atom is -0.311 e. The fraction of sp³-hybridized carbons (Fsp3) is 0. The average Bonchev–Trinajstić information content (AvgIpc) is 3.80. The normalized spacial score (nSPS) is 11.5. The third-order valence-corrected chi connectivity index (χ3v) is 11.3. The van der Waals surface area contributed by atoms with Gasteiger partial charge in [0.25, 0.3) is 0 Å². The van der Waals surface area contributed by atoms with Crippen LogP contribution >= 0.6 is 0 Å². The van der Waals surface area contributed by atoms with Gasteiger partial charge in [0.1, 0.15) is 0 Å². The van der Waals surface area contributed by atoms with Gasteiger partial charge in [-0.1, -0.05) is 127 Å². The van der Waals surface area contributed by atoms with Gasteiger partial charge in [0, 0.05) is 50.0 Å². The number of rotatable bonds is 7. The highest BCUT2D eigenvalue weighted by Gasteiger charge is 2.17. The molecule has 0 fully saturated rings. The van der Waals surface area contributed by atoms with Gasteiger partial charge in [-0.25, -0.2) is 0 Å². The van der Waals surface area contributed by atoms with Crippen LogP contribution in [0.4, 0.5) is 17.1 Å². The highest BCUT2D eigenvalue weighted by molar-refractivity contribution is 6.12. The molecule has 3 nitrogen and oxygen atoms in total. The molecule has 0 radical (unpaired) electrons. The summed E-state index contributed by atoms with van der Waals surface area (Å²) in [6.07, 6.45) is 0. The van der Waals surface area contributed by atoms with Gasteiger partial charge in [0.2, 0.25) is 0 Å². The summed E-state index contributed by atoms with van der Waals surface area (Å²) in [5.74, 6) is 0. The predicted octanol–water partition coefficient (Wildman–Crippen LogP) is 14.7. The highest BCUT2D eigenvalue weighted by atomic mass is 15.1. The van der Waals surface area contributed by atoms with Crippen LogP contribution in [0.2, 0.25) is 0 Å². The predicted molar refractivity (Wildman–Crippen MR) is 241 cm³/mol. The van der Waals surface area contributed by atoms with Crippen LogP contribution < -0.4 is 4.90 Å². The molecule has 268 valence electrons. The number of anilines is 3. The van der Waals surface area contributed by atoms with Crippen molar-refractivity contribution in [2.24, 2.45) is 0 Å². The number of hydrogen-bond acceptors (Lipinski definition) is 1. The molecule has 3 heteroatoms. The van der Waals surface area contributed by atoms with Crippen molar-refractivity contribution in [1.29, 1.82) is 0 Å². The molecule has 0 unspecified atom stereocenters. The zero-order valence-corrected chi connectivity index (χ0v) is 31.2. The first-order chi connectivity index (χ1) is 28.3. The molecule has 2 aromatic heterocycles. The number of hydrogen-bond donors (Lipinski definition) is 0. The van der Waals surface area contributed by atoms with E-state index in [1.165, 1.54) is 71.6 Å². The SMILES string of the molecule is c1ccc(N(c2ccccc2)c2ccc(-c3ccc(-n4c5ccccc5c5cc(-c6ccc7c(c6)c6ccccc6n7-c6ccccc6)ccc54)cc3)cc2)cc1. The van der Waals surface area contributed by atoms with Gasteiger partial charge in [-0.05, 0) is 119 Å². The molecule has 0 saturated carbocycles. The summed E-state index contributed by atoms with van der Waals surface area (Å²) in [5, 5.41) is 5.01. The van der Waals surface area contributed by atoms with E-state index in [1.54, 1.807) is 0 Å². The second-order valence-electron chi connectivity index (χ2n) is 14.6. The molecule has 0 amide bonds. The lowest BCUT2D eigenvalue weighted by Gasteiger charge is -2.25. The van der Waals surface area contributed by atoms with Crippen molar-refractivity contribution in [1.82, 2.24) is 9.13 Å². The first-order valence-electron chi connectivity index (χ1n) is 19.5. The van der Waals surface area contributed by atoms with Crippen LogP contribution in [-0.4, -0.2) is 9.13 Å². The minimum atomic E-state index is 1.12. The van der Waals surface area contributed by atoms with E-state index in [4.69, 9.17) is 0 Å². The Balaban J connectivity index is 0.950. The molecular weight excluding hydrogens is 691 g/mol. The van der Waals surface area contributed by atoms with E-state index in [0.717, 1.165) is 22.7 Å². The van der Waals surface area contributed by atoms with Crippen LogP contribution in [0, 0.1) is 0 Å². The van der Waals surface area contributed by atoms with E-state index in [0.29, 0.717) is 0 Å². The van der Waals surface area contributed by atoms with E-state index < -0.39 is 0 Å². The smallest absolute Gasteiger partial charge is 0.0541 e. The maximum atomic E-state index is 2.40. The van der Waals surface area contributed by atoms with Crippen LogP contribution in [0.25, 0.3) is 77.2 Å². The maximum Gasteiger partial charge on any atom is 0.0541 e. The standard InChI is InChI=1S/C54H37N3/c1-4-14-42(15-5-1)55(43-16-6-2-7-17-43)45-30-24-38(25-31-45)39-26-32-46(33-27-39)57-52-23-13-11-21-48(52)50-37-41(29-35-54(50)57)40-28-34-53-49(36-40)47-20-10-12-22-51(47)56(53)44-18-8-3-9-19-44/h1-37H. The van der Waals surface area contributed by atoms with E-state index in [2.05, 4.69) is 238 Å². The number of aromatic nitrogens is 2. The summed E-state index contributed by atoms with van der Waals surface area (Å²) in [7, 11) is 0. The van der Waals surface area contributed by atoms with Crippen molar-refractivity contribution in [3.8, 4) is 33.6 Å². The monoisotopic (exact) mass is 727 g/mol. The van der Waals surface area contributed by atoms with Gasteiger partial charge >= 0.3 is 0 Å². The Morgan fingerprint density at radius 3 is 1.09 bits per heavy atom. The fourth-order valence-electron chi connectivity index (χ4n) is 8.65. The van der Waals surface area contributed by atoms with Crippen molar-refractivity contribution >= 4 is 60.7 Å². The summed E-state index contributed by atoms with van der Waals surface area (Å²) in [5.41, 5.74) is 15.3. The second kappa shape index (κ2) is 13.6. The Morgan fingerprint density at radius 1 is 0.246 bits per heavy atom. The van der Waals surface area contributed by atoms with Crippen LogP contribution in [-0.2, 0) is 0 Å². The Labute approximate surface area is 331 Å². The Bertz CT molecular complexity index is 3160. The number of fused-ring (bicyclic) bond motifs is 6. The Hall–Kier alpha value is -7.62. The quantitative estimate of drug-likeness (QED) is 0.159. The lowest BCUT2D eigenvalue weighted by Crippen LogP contribution is -2.09. The molecule has 11 aromatic rings. The van der Waals surface area contributed by atoms with Gasteiger partial charge in [-0.2, -0.15) is 0 Å². The van der Waals surface area contributed by atoms with Gasteiger partial charge in [0.05, 0.1) is 22.1 Å². The van der Waals surface area contributed by atoms with Gasteiger partial charge in [-0.3, -0.25) is 0 Å². The molecule has 0 saturated heterocycles. The van der Waals surface area contributed by atoms with Crippen molar-refractivity contribution in [2.45, 2.75) is 0 Å². The average molecular weight is 728 g/mol. The molecule has 0 bridgehead atoms. The molecule has 9 aromatic carbocycles. The summed E-state index contributed by atoms with van der Waals surface area (Å²) < 4.78 is 4.77. The van der Waals surface area contributed by atoms with Gasteiger partial charge in [0.15, 0.2) is 0 Å². The largest absolute Gasteiger partial charge is 0.311 e. The zero-order valence-electron chi connectivity index (χ0n) is 31.2. The Morgan fingerprint density at radius 2 is 0.596 bits per heavy atom. The molecule has 0 N–H and O–H groups in total. The van der Waals surface area contributed by atoms with Crippen LogP contribution in [0.3, 0.4) is 0 Å². The van der Waals surface area contributed by atoms with Crippen molar-refractivity contribution < 1.29 is 0 Å². The molecule has 57 heavy (non-hydrogen) atoms. The molecule has 0 aliphatic rings. The molecule has 2 heterocycles. The van der Waals surface area contributed by atoms with Crippen LogP contribution in [0.5, 0.6) is 0 Å². The van der Waals surface area contributed by atoms with Crippen molar-refractivity contribution in [3.05, 3.63) is 224 Å². The summed E-state index contributed by atoms with van der Waals surface area (Å²) >= 11 is 0. The van der Waals surface area contributed by atoms with Crippen molar-refractivity contribution in [2.75, 3.05) is 4.90 Å². The summed E-state index contributed by atoms with van der Waals surface area (Å²) in [4.78, 5) is 2.29. The third kappa shape index (κ3) is 5.60. The molecule has 0 atom stereocenters. The van der Waals surface area contributed by atoms with Gasteiger partial charge < -0.3 is 14.0 Å². The highest BCUT2D eigenvalue weighted by Crippen LogP contribution is 2.39. The van der Waals surface area contributed by atoms with Gasteiger partial charge in [-0.15, -0.1) is 0 Å². The third-order valence-electron chi connectivity index (χ3n) is 11.3. The summed E-state index contributed by atoms with van der Waals surface area (Å²) in [6, 6.07) is 80.9. The fourth-order valence-corrected chi connectivity index (χ4v) is 8.65. The van der Waals surface area contributed by atoms with Crippen molar-refractivity contribution in [3.63, 3.8) is 0 Å². The van der Waals surface area contributed by atoms with Crippen LogP contribution in [0.1, 0.15) is 0 Å². The van der Waals surface area contributed by atoms with Crippen LogP contribution in [0.15, 0.2) is 224 Å². The summed E-state index contributed by atoms with van der Waals surface area (Å²) in [6.45, 7) is 0. The first kappa shape index (κ1) is 32.8. The molecule has 0 spiro atoms. The number of para-hydroxylation sites is 5. The minimum absolute atomic E-state index is 1.12. The molecule has 11 rings (SSSR count). The lowest BCUT2D eigenvalue weighted by atomic mass is 10.0. The number of nitrogens with zero attached hydrogens (tertiary/aromatic N) is 3. The van der Waals surface area contributed by atoms with E-state index in [-0.39, 0.29) is 0 Å². The van der Waals surface area contributed by atoms with E-state index in [1.807, 2.05) is 0 Å². The first-order valence-corrected chi connectivity index (χ1v) is 19.5. The maximum absolute atomic E-state index is 2.40. The number of benzene rings is 9. The lowest BCUT2D eigenvalue weighted by molar-refractivity contribution is 1.18. The van der Waals surface area contributed by atoms with E-state index in [9.17, 15) is 0 Å². The molecule has 0 aliphatic carbocycles. The van der Waals surface area contributed by atoms with E-state index >= 15 is 0 Å².